The summed E-state index contributed by atoms with van der Waals surface area (Å²) in [4.78, 5) is 4.07. The number of pyridine rings is 1. The normalized spacial score (nSPS) is 12.5. The van der Waals surface area contributed by atoms with Crippen molar-refractivity contribution in [1.29, 1.82) is 0 Å². The minimum atomic E-state index is -0.984. The molecule has 19 heavy (non-hydrogen) atoms. The topological polar surface area (TPSA) is 38.9 Å². The van der Waals surface area contributed by atoms with E-state index in [9.17, 15) is 13.2 Å². The molecule has 0 aliphatic carbocycles. The molecule has 0 bridgehead atoms. The minimum absolute atomic E-state index is 0.159. The Bertz CT molecular complexity index is 564. The second kappa shape index (κ2) is 5.71. The highest BCUT2D eigenvalue weighted by atomic mass is 79.9. The number of rotatable bonds is 3. The van der Waals surface area contributed by atoms with Crippen molar-refractivity contribution in [2.24, 2.45) is 5.73 Å². The fourth-order valence-electron chi connectivity index (χ4n) is 1.76. The highest BCUT2D eigenvalue weighted by molar-refractivity contribution is 9.10. The van der Waals surface area contributed by atoms with Gasteiger partial charge in [-0.3, -0.25) is 4.98 Å². The zero-order valence-electron chi connectivity index (χ0n) is 9.71. The standard InChI is InChI=1S/C13H10BrF3N2/c14-7-1-2-9(19-6-7)5-12(18)13-10(16)3-8(15)4-11(13)17/h1-4,6,12H,5,18H2. The summed E-state index contributed by atoms with van der Waals surface area (Å²) in [7, 11) is 0. The molecule has 1 atom stereocenters. The van der Waals surface area contributed by atoms with Gasteiger partial charge < -0.3 is 5.73 Å². The van der Waals surface area contributed by atoms with Gasteiger partial charge in [-0.2, -0.15) is 0 Å². The quantitative estimate of drug-likeness (QED) is 0.935. The Kier molecular flexibility index (Phi) is 4.21. The van der Waals surface area contributed by atoms with Gasteiger partial charge in [-0.05, 0) is 28.1 Å². The summed E-state index contributed by atoms with van der Waals surface area (Å²) in [6.07, 6.45) is 1.73. The highest BCUT2D eigenvalue weighted by Crippen LogP contribution is 2.23. The summed E-state index contributed by atoms with van der Waals surface area (Å²) < 4.78 is 40.7. The van der Waals surface area contributed by atoms with Crippen LogP contribution in [0.4, 0.5) is 13.2 Å². The third-order valence-corrected chi connectivity index (χ3v) is 3.10. The molecule has 0 radical (unpaired) electrons. The van der Waals surface area contributed by atoms with E-state index in [4.69, 9.17) is 5.73 Å². The monoisotopic (exact) mass is 330 g/mol. The molecule has 1 aromatic heterocycles. The molecule has 1 heterocycles. The Morgan fingerprint density at radius 1 is 1.16 bits per heavy atom. The molecule has 0 aliphatic rings. The Labute approximate surface area is 116 Å². The lowest BCUT2D eigenvalue weighted by molar-refractivity contribution is 0.500. The van der Waals surface area contributed by atoms with Crippen LogP contribution in [0.25, 0.3) is 0 Å². The third kappa shape index (κ3) is 3.33. The van der Waals surface area contributed by atoms with Crippen molar-refractivity contribution < 1.29 is 13.2 Å². The van der Waals surface area contributed by atoms with Crippen LogP contribution in [0, 0.1) is 17.5 Å². The third-order valence-electron chi connectivity index (χ3n) is 2.63. The van der Waals surface area contributed by atoms with Gasteiger partial charge in [0.2, 0.25) is 0 Å². The molecular formula is C13H10BrF3N2. The van der Waals surface area contributed by atoms with Gasteiger partial charge in [0.05, 0.1) is 0 Å². The summed E-state index contributed by atoms with van der Waals surface area (Å²) in [5, 5.41) is 0. The van der Waals surface area contributed by atoms with Crippen molar-refractivity contribution in [2.75, 3.05) is 0 Å². The second-order valence-corrected chi connectivity index (χ2v) is 4.98. The SMILES string of the molecule is NC(Cc1ccc(Br)cn1)c1c(F)cc(F)cc1F. The minimum Gasteiger partial charge on any atom is -0.323 e. The maximum atomic E-state index is 13.5. The molecule has 6 heteroatoms. The van der Waals surface area contributed by atoms with Crippen LogP contribution >= 0.6 is 15.9 Å². The lowest BCUT2D eigenvalue weighted by Crippen LogP contribution is -2.17. The number of nitrogens with two attached hydrogens (primary N) is 1. The summed E-state index contributed by atoms with van der Waals surface area (Å²) in [6.45, 7) is 0. The number of aromatic nitrogens is 1. The molecule has 2 aromatic rings. The van der Waals surface area contributed by atoms with Gasteiger partial charge >= 0.3 is 0 Å². The van der Waals surface area contributed by atoms with Crippen LogP contribution in [0.3, 0.4) is 0 Å². The Balaban J connectivity index is 2.25. The van der Waals surface area contributed by atoms with Crippen LogP contribution in [-0.4, -0.2) is 4.98 Å². The van der Waals surface area contributed by atoms with E-state index in [0.29, 0.717) is 17.8 Å². The molecule has 0 saturated carbocycles. The molecule has 0 amide bonds. The van der Waals surface area contributed by atoms with Gasteiger partial charge in [-0.1, -0.05) is 0 Å². The molecular weight excluding hydrogens is 321 g/mol. The number of nitrogens with zero attached hydrogens (tertiary/aromatic N) is 1. The molecule has 0 saturated heterocycles. The van der Waals surface area contributed by atoms with Gasteiger partial charge in [0.25, 0.3) is 0 Å². The van der Waals surface area contributed by atoms with E-state index in [1.807, 2.05) is 0 Å². The van der Waals surface area contributed by atoms with E-state index < -0.39 is 23.5 Å². The first kappa shape index (κ1) is 14.0. The van der Waals surface area contributed by atoms with E-state index in [0.717, 1.165) is 4.47 Å². The Hall–Kier alpha value is -1.40. The highest BCUT2D eigenvalue weighted by Gasteiger charge is 2.19. The maximum Gasteiger partial charge on any atom is 0.133 e. The molecule has 2 rings (SSSR count). The predicted molar refractivity (Wildman–Crippen MR) is 68.9 cm³/mol. The van der Waals surface area contributed by atoms with Gasteiger partial charge in [-0.25, -0.2) is 13.2 Å². The van der Waals surface area contributed by atoms with Gasteiger partial charge in [0.15, 0.2) is 0 Å². The van der Waals surface area contributed by atoms with E-state index in [2.05, 4.69) is 20.9 Å². The first-order chi connectivity index (χ1) is 8.97. The van der Waals surface area contributed by atoms with Crippen molar-refractivity contribution in [2.45, 2.75) is 12.5 Å². The van der Waals surface area contributed by atoms with Crippen LogP contribution in [-0.2, 0) is 6.42 Å². The van der Waals surface area contributed by atoms with E-state index in [-0.39, 0.29) is 12.0 Å². The molecule has 0 spiro atoms. The largest absolute Gasteiger partial charge is 0.323 e. The van der Waals surface area contributed by atoms with E-state index >= 15 is 0 Å². The van der Waals surface area contributed by atoms with E-state index in [1.165, 1.54) is 0 Å². The summed E-state index contributed by atoms with van der Waals surface area (Å²) in [5.41, 5.74) is 6.03. The molecule has 100 valence electrons. The van der Waals surface area contributed by atoms with Gasteiger partial charge in [-0.15, -0.1) is 0 Å². The first-order valence-electron chi connectivity index (χ1n) is 5.48. The average molecular weight is 331 g/mol. The lowest BCUT2D eigenvalue weighted by Gasteiger charge is -2.13. The van der Waals surface area contributed by atoms with Crippen molar-refractivity contribution in [3.63, 3.8) is 0 Å². The van der Waals surface area contributed by atoms with Crippen molar-refractivity contribution >= 4 is 15.9 Å². The zero-order valence-corrected chi connectivity index (χ0v) is 11.3. The number of hydrogen-bond acceptors (Lipinski definition) is 2. The Morgan fingerprint density at radius 3 is 2.32 bits per heavy atom. The molecule has 0 aliphatic heterocycles. The van der Waals surface area contributed by atoms with Crippen LogP contribution < -0.4 is 5.73 Å². The summed E-state index contributed by atoms with van der Waals surface area (Å²) in [6, 6.07) is 3.77. The van der Waals surface area contributed by atoms with Gasteiger partial charge in [0.1, 0.15) is 17.5 Å². The zero-order chi connectivity index (χ0) is 14.0. The fourth-order valence-corrected chi connectivity index (χ4v) is 2.00. The molecule has 2 nitrogen and oxygen atoms in total. The van der Waals surface area contributed by atoms with Crippen molar-refractivity contribution in [3.05, 3.63) is 63.6 Å². The van der Waals surface area contributed by atoms with Crippen LogP contribution in [0.2, 0.25) is 0 Å². The second-order valence-electron chi connectivity index (χ2n) is 4.06. The Morgan fingerprint density at radius 2 is 1.79 bits per heavy atom. The number of hydrogen-bond donors (Lipinski definition) is 1. The fraction of sp³-hybridized carbons (Fsp3) is 0.154. The average Bonchev–Trinajstić information content (AvgIpc) is 2.30. The summed E-state index contributed by atoms with van der Waals surface area (Å²) >= 11 is 3.23. The smallest absolute Gasteiger partial charge is 0.133 e. The molecule has 2 N–H and O–H groups in total. The molecule has 1 aromatic carbocycles. The summed E-state index contributed by atoms with van der Waals surface area (Å²) in [5.74, 6) is -2.93. The number of benzene rings is 1. The van der Waals surface area contributed by atoms with Crippen LogP contribution in [0.5, 0.6) is 0 Å². The van der Waals surface area contributed by atoms with Gasteiger partial charge in [0, 0.05) is 46.5 Å². The maximum absolute atomic E-state index is 13.5. The van der Waals surface area contributed by atoms with Crippen LogP contribution in [0.1, 0.15) is 17.3 Å². The van der Waals surface area contributed by atoms with Crippen molar-refractivity contribution in [1.82, 2.24) is 4.98 Å². The first-order valence-corrected chi connectivity index (χ1v) is 6.27. The number of halogens is 4. The predicted octanol–water partition coefficient (Wildman–Crippen LogP) is 3.50. The molecule has 0 fully saturated rings. The van der Waals surface area contributed by atoms with Crippen molar-refractivity contribution in [3.8, 4) is 0 Å². The van der Waals surface area contributed by atoms with E-state index in [1.54, 1.807) is 18.3 Å². The molecule has 1 unspecified atom stereocenters. The van der Waals surface area contributed by atoms with Crippen LogP contribution in [0.15, 0.2) is 34.9 Å². The lowest BCUT2D eigenvalue weighted by atomic mass is 10.0.